The van der Waals surface area contributed by atoms with Crippen molar-refractivity contribution in [1.82, 2.24) is 0 Å². The first-order chi connectivity index (χ1) is 14.8. The maximum Gasteiger partial charge on any atom is 0.329 e. The van der Waals surface area contributed by atoms with Gasteiger partial charge in [0.1, 0.15) is 0 Å². The van der Waals surface area contributed by atoms with Crippen molar-refractivity contribution in [2.24, 2.45) is 5.73 Å². The van der Waals surface area contributed by atoms with Gasteiger partial charge in [-0.3, -0.25) is 9.36 Å². The van der Waals surface area contributed by atoms with Crippen LogP contribution in [0.15, 0.2) is 24.3 Å². The Kier molecular flexibility index (Phi) is 14.6. The SMILES string of the molecule is COCCOCCOCCC(=O)Nc1ccc(CP(=O)(O)O)cc1.NC1CCCCC1. The lowest BCUT2D eigenvalue weighted by atomic mass is 9.97. The van der Waals surface area contributed by atoms with Gasteiger partial charge in [0.15, 0.2) is 0 Å². The van der Waals surface area contributed by atoms with Crippen molar-refractivity contribution in [3.05, 3.63) is 29.8 Å². The van der Waals surface area contributed by atoms with Gasteiger partial charge in [0.05, 0.1) is 45.6 Å². The maximum absolute atomic E-state index is 11.7. The van der Waals surface area contributed by atoms with Crippen molar-refractivity contribution >= 4 is 19.2 Å². The van der Waals surface area contributed by atoms with Crippen LogP contribution in [0.25, 0.3) is 0 Å². The molecule has 0 aromatic heterocycles. The van der Waals surface area contributed by atoms with E-state index in [1.165, 1.54) is 32.1 Å². The van der Waals surface area contributed by atoms with E-state index in [1.54, 1.807) is 31.4 Å². The Labute approximate surface area is 184 Å². The molecule has 0 saturated heterocycles. The Morgan fingerprint density at radius 1 is 1.03 bits per heavy atom. The third-order valence-electron chi connectivity index (χ3n) is 4.55. The number of benzene rings is 1. The Hall–Kier alpha value is -1.32. The summed E-state index contributed by atoms with van der Waals surface area (Å²) in [5.74, 6) is -0.196. The normalized spacial score (nSPS) is 14.6. The summed E-state index contributed by atoms with van der Waals surface area (Å²) >= 11 is 0. The molecule has 31 heavy (non-hydrogen) atoms. The van der Waals surface area contributed by atoms with E-state index in [0.29, 0.717) is 43.7 Å². The molecule has 0 bridgehead atoms. The number of rotatable bonds is 12. The maximum atomic E-state index is 11.7. The summed E-state index contributed by atoms with van der Waals surface area (Å²) in [5.41, 5.74) is 6.71. The van der Waals surface area contributed by atoms with Crippen LogP contribution in [-0.2, 0) is 29.7 Å². The van der Waals surface area contributed by atoms with Crippen LogP contribution in [0.4, 0.5) is 5.69 Å². The van der Waals surface area contributed by atoms with E-state index < -0.39 is 7.60 Å². The third kappa shape index (κ3) is 16.0. The number of anilines is 1. The summed E-state index contributed by atoms with van der Waals surface area (Å²) in [6.07, 6.45) is 6.56. The van der Waals surface area contributed by atoms with Gasteiger partial charge in [0.25, 0.3) is 0 Å². The monoisotopic (exact) mass is 460 g/mol. The molecule has 0 aliphatic heterocycles. The molecule has 1 aromatic carbocycles. The molecule has 1 amide bonds. The van der Waals surface area contributed by atoms with Gasteiger partial charge >= 0.3 is 7.60 Å². The number of nitrogens with one attached hydrogen (secondary N) is 1. The second-order valence-electron chi connectivity index (χ2n) is 7.43. The molecule has 1 aliphatic rings. The average Bonchev–Trinajstić information content (AvgIpc) is 2.71. The van der Waals surface area contributed by atoms with Gasteiger partial charge in [-0.05, 0) is 30.5 Å². The molecule has 10 heteroatoms. The summed E-state index contributed by atoms with van der Waals surface area (Å²) in [5, 5.41) is 2.69. The van der Waals surface area contributed by atoms with E-state index in [0.717, 1.165) is 0 Å². The van der Waals surface area contributed by atoms with Crippen LogP contribution in [0.3, 0.4) is 0 Å². The molecular weight excluding hydrogens is 423 g/mol. The molecule has 1 aromatic rings. The lowest BCUT2D eigenvalue weighted by Gasteiger charge is -2.15. The Balaban J connectivity index is 0.000000577. The zero-order chi connectivity index (χ0) is 23.0. The highest BCUT2D eigenvalue weighted by atomic mass is 31.2. The van der Waals surface area contributed by atoms with Gasteiger partial charge in [0.2, 0.25) is 5.91 Å². The largest absolute Gasteiger partial charge is 0.382 e. The van der Waals surface area contributed by atoms with Crippen molar-refractivity contribution in [1.29, 1.82) is 0 Å². The number of hydrogen-bond donors (Lipinski definition) is 4. The smallest absolute Gasteiger partial charge is 0.329 e. The zero-order valence-corrected chi connectivity index (χ0v) is 19.2. The van der Waals surface area contributed by atoms with E-state index in [2.05, 4.69) is 5.32 Å². The minimum absolute atomic E-state index is 0.196. The fourth-order valence-electron chi connectivity index (χ4n) is 2.92. The van der Waals surface area contributed by atoms with Gasteiger partial charge < -0.3 is 35.0 Å². The van der Waals surface area contributed by atoms with Gasteiger partial charge in [-0.2, -0.15) is 0 Å². The van der Waals surface area contributed by atoms with Gasteiger partial charge in [0, 0.05) is 18.8 Å². The van der Waals surface area contributed by atoms with Crippen LogP contribution >= 0.6 is 7.60 Å². The number of ether oxygens (including phenoxy) is 3. The van der Waals surface area contributed by atoms with Crippen LogP contribution in [0, 0.1) is 0 Å². The third-order valence-corrected chi connectivity index (χ3v) is 5.33. The first-order valence-corrected chi connectivity index (χ1v) is 12.4. The molecule has 0 atom stereocenters. The molecule has 0 radical (unpaired) electrons. The fraction of sp³-hybridized carbons (Fsp3) is 0.667. The summed E-state index contributed by atoms with van der Waals surface area (Å²) < 4.78 is 26.2. The first-order valence-electron chi connectivity index (χ1n) is 10.6. The lowest BCUT2D eigenvalue weighted by Crippen LogP contribution is -2.22. The summed E-state index contributed by atoms with van der Waals surface area (Å²) in [6.45, 7) is 2.20. The van der Waals surface area contributed by atoms with Crippen LogP contribution in [-0.4, -0.2) is 61.9 Å². The van der Waals surface area contributed by atoms with Crippen molar-refractivity contribution < 1.29 is 33.4 Å². The summed E-state index contributed by atoms with van der Waals surface area (Å²) in [4.78, 5) is 29.5. The highest BCUT2D eigenvalue weighted by Crippen LogP contribution is 2.39. The first kappa shape index (κ1) is 27.7. The minimum Gasteiger partial charge on any atom is -0.382 e. The van der Waals surface area contributed by atoms with E-state index >= 15 is 0 Å². The lowest BCUT2D eigenvalue weighted by molar-refractivity contribution is -0.117. The molecule has 0 unspecified atom stereocenters. The number of nitrogens with two attached hydrogens (primary N) is 1. The standard InChI is InChI=1S/C15H24NO7P.C6H13N/c1-21-8-9-23-11-10-22-7-6-15(17)16-14-4-2-13(3-5-14)12-24(18,19)20;7-6-4-2-1-3-5-6/h2-5H,6-12H2,1H3,(H,16,17)(H2,18,19,20);6H,1-5,7H2. The summed E-state index contributed by atoms with van der Waals surface area (Å²) in [6, 6.07) is 6.89. The molecular formula is C21H37N2O7P. The molecule has 0 heterocycles. The predicted molar refractivity (Wildman–Crippen MR) is 120 cm³/mol. The number of carbonyl (C=O) groups excluding carboxylic acids is 1. The highest BCUT2D eigenvalue weighted by Gasteiger charge is 2.13. The number of carbonyl (C=O) groups is 1. The molecule has 9 nitrogen and oxygen atoms in total. The minimum atomic E-state index is -4.08. The second kappa shape index (κ2) is 16.3. The van der Waals surface area contributed by atoms with Crippen LogP contribution in [0.5, 0.6) is 0 Å². The van der Waals surface area contributed by atoms with Gasteiger partial charge in [-0.1, -0.05) is 31.4 Å². The highest BCUT2D eigenvalue weighted by molar-refractivity contribution is 7.50. The summed E-state index contributed by atoms with van der Waals surface area (Å²) in [7, 11) is -2.48. The quantitative estimate of drug-likeness (QED) is 0.276. The van der Waals surface area contributed by atoms with Crippen molar-refractivity contribution in [3.8, 4) is 0 Å². The van der Waals surface area contributed by atoms with Crippen LogP contribution < -0.4 is 11.1 Å². The van der Waals surface area contributed by atoms with Crippen molar-refractivity contribution in [2.75, 3.05) is 45.5 Å². The van der Waals surface area contributed by atoms with Crippen molar-refractivity contribution in [3.63, 3.8) is 0 Å². The van der Waals surface area contributed by atoms with Gasteiger partial charge in [-0.15, -0.1) is 0 Å². The van der Waals surface area contributed by atoms with E-state index in [4.69, 9.17) is 29.7 Å². The number of amides is 1. The van der Waals surface area contributed by atoms with E-state index in [1.807, 2.05) is 0 Å². The molecule has 1 aliphatic carbocycles. The molecule has 5 N–H and O–H groups in total. The Morgan fingerprint density at radius 2 is 1.61 bits per heavy atom. The van der Waals surface area contributed by atoms with Crippen LogP contribution in [0.2, 0.25) is 0 Å². The molecule has 1 saturated carbocycles. The number of hydrogen-bond acceptors (Lipinski definition) is 6. The van der Waals surface area contributed by atoms with Crippen LogP contribution in [0.1, 0.15) is 44.1 Å². The molecule has 0 spiro atoms. The van der Waals surface area contributed by atoms with E-state index in [-0.39, 0.29) is 25.1 Å². The zero-order valence-electron chi connectivity index (χ0n) is 18.3. The Bertz CT molecular complexity index is 646. The predicted octanol–water partition coefficient (Wildman–Crippen LogP) is 2.65. The molecule has 2 rings (SSSR count). The van der Waals surface area contributed by atoms with Crippen molar-refractivity contribution in [2.45, 2.75) is 50.7 Å². The Morgan fingerprint density at radius 3 is 2.13 bits per heavy atom. The average molecular weight is 461 g/mol. The number of methoxy groups -OCH3 is 1. The van der Waals surface area contributed by atoms with E-state index in [9.17, 15) is 9.36 Å². The molecule has 1 fully saturated rings. The molecule has 178 valence electrons. The second-order valence-corrected chi connectivity index (χ2v) is 9.08. The van der Waals surface area contributed by atoms with Gasteiger partial charge in [-0.25, -0.2) is 0 Å². The topological polar surface area (TPSA) is 140 Å². The fourth-order valence-corrected chi connectivity index (χ4v) is 3.60.